The fraction of sp³-hybridized carbons (Fsp3) is 0.727. The van der Waals surface area contributed by atoms with Gasteiger partial charge in [-0.1, -0.05) is 0 Å². The Morgan fingerprint density at radius 2 is 1.83 bits per heavy atom. The lowest BCUT2D eigenvalue weighted by Gasteiger charge is -2.28. The lowest BCUT2D eigenvalue weighted by molar-refractivity contribution is 0.0410. The molecular weight excluding hydrogens is 236 g/mol. The van der Waals surface area contributed by atoms with Gasteiger partial charge in [-0.2, -0.15) is 0 Å². The average molecular weight is 258 g/mol. The Morgan fingerprint density at radius 3 is 2.22 bits per heavy atom. The van der Waals surface area contributed by atoms with Gasteiger partial charge in [-0.25, -0.2) is 4.98 Å². The van der Waals surface area contributed by atoms with Gasteiger partial charge in [0.1, 0.15) is 0 Å². The van der Waals surface area contributed by atoms with Crippen molar-refractivity contribution in [2.45, 2.75) is 12.1 Å². The molecule has 4 N–H and O–H groups in total. The van der Waals surface area contributed by atoms with E-state index in [0.29, 0.717) is 6.54 Å². The highest BCUT2D eigenvalue weighted by Crippen LogP contribution is 2.12. The molecule has 0 aliphatic carbocycles. The van der Waals surface area contributed by atoms with E-state index in [0.717, 1.165) is 11.6 Å². The Balaban J connectivity index is 2.74. The topological polar surface area (TPSA) is 93.8 Å². The molecule has 0 atom stereocenters. The number of aliphatic hydroxyl groups excluding tert-OH is 3. The van der Waals surface area contributed by atoms with Crippen molar-refractivity contribution in [2.75, 3.05) is 38.8 Å². The third kappa shape index (κ3) is 2.99. The summed E-state index contributed by atoms with van der Waals surface area (Å²) in [5, 5.41) is 30.6. The van der Waals surface area contributed by atoms with E-state index in [1.807, 2.05) is 30.6 Å². The zero-order valence-corrected chi connectivity index (χ0v) is 11.1. The van der Waals surface area contributed by atoms with Gasteiger partial charge in [0.15, 0.2) is 0 Å². The summed E-state index contributed by atoms with van der Waals surface area (Å²) in [5.74, 6) is 0.814. The highest BCUT2D eigenvalue weighted by Gasteiger charge is 2.27. The number of nitrogens with one attached hydrogen (secondary N) is 1. The van der Waals surface area contributed by atoms with Crippen LogP contribution in [0.25, 0.3) is 0 Å². The Kier molecular flexibility index (Phi) is 5.09. The summed E-state index contributed by atoms with van der Waals surface area (Å²) in [6.45, 7) is -0.603. The number of anilines is 1. The van der Waals surface area contributed by atoms with Crippen LogP contribution < -0.4 is 10.2 Å². The summed E-state index contributed by atoms with van der Waals surface area (Å²) in [6.07, 6.45) is 1.72. The first-order valence-electron chi connectivity index (χ1n) is 5.75. The van der Waals surface area contributed by atoms with Crippen molar-refractivity contribution in [3.8, 4) is 0 Å². The Labute approximate surface area is 107 Å². The van der Waals surface area contributed by atoms with E-state index in [1.165, 1.54) is 0 Å². The molecule has 0 saturated heterocycles. The van der Waals surface area contributed by atoms with Gasteiger partial charge in [0.05, 0.1) is 37.3 Å². The van der Waals surface area contributed by atoms with Crippen LogP contribution in [-0.2, 0) is 13.6 Å². The Hall–Kier alpha value is -1.15. The molecule has 1 aromatic rings. The number of hydrogen-bond donors (Lipinski definition) is 4. The Bertz CT molecular complexity index is 366. The van der Waals surface area contributed by atoms with E-state index in [-0.39, 0.29) is 19.8 Å². The highest BCUT2D eigenvalue weighted by atomic mass is 16.3. The van der Waals surface area contributed by atoms with Crippen molar-refractivity contribution in [1.82, 2.24) is 14.9 Å². The van der Waals surface area contributed by atoms with Crippen LogP contribution in [0.1, 0.15) is 5.69 Å². The van der Waals surface area contributed by atoms with Crippen molar-refractivity contribution < 1.29 is 15.3 Å². The minimum atomic E-state index is -1.07. The number of imidazole rings is 1. The minimum Gasteiger partial charge on any atom is -0.394 e. The van der Waals surface area contributed by atoms with Crippen LogP contribution in [0.5, 0.6) is 0 Å². The monoisotopic (exact) mass is 258 g/mol. The third-order valence-corrected chi connectivity index (χ3v) is 3.01. The van der Waals surface area contributed by atoms with E-state index in [1.54, 1.807) is 6.20 Å². The molecule has 0 amide bonds. The molecule has 0 fully saturated rings. The van der Waals surface area contributed by atoms with Gasteiger partial charge in [0.25, 0.3) is 0 Å². The molecule has 0 aliphatic heterocycles. The average Bonchev–Trinajstić information content (AvgIpc) is 2.73. The molecule has 0 unspecified atom stereocenters. The fourth-order valence-electron chi connectivity index (χ4n) is 1.61. The second kappa shape index (κ2) is 6.14. The van der Waals surface area contributed by atoms with Crippen LogP contribution in [0, 0.1) is 0 Å². The van der Waals surface area contributed by atoms with Crippen LogP contribution in [0.4, 0.5) is 5.95 Å². The zero-order valence-electron chi connectivity index (χ0n) is 11.1. The molecule has 0 radical (unpaired) electrons. The van der Waals surface area contributed by atoms with Crippen molar-refractivity contribution >= 4 is 5.95 Å². The van der Waals surface area contributed by atoms with Crippen molar-refractivity contribution in [2.24, 2.45) is 7.05 Å². The minimum absolute atomic E-state index is 0.335. The normalized spacial score (nSPS) is 11.9. The van der Waals surface area contributed by atoms with Crippen LogP contribution >= 0.6 is 0 Å². The molecule has 0 aromatic carbocycles. The summed E-state index contributed by atoms with van der Waals surface area (Å²) in [4.78, 5) is 6.14. The summed E-state index contributed by atoms with van der Waals surface area (Å²) >= 11 is 0. The highest BCUT2D eigenvalue weighted by molar-refractivity contribution is 5.30. The van der Waals surface area contributed by atoms with E-state index in [9.17, 15) is 15.3 Å². The largest absolute Gasteiger partial charge is 0.394 e. The smallest absolute Gasteiger partial charge is 0.204 e. The molecular formula is C11H22N4O3. The van der Waals surface area contributed by atoms with Gasteiger partial charge in [-0.05, 0) is 0 Å². The van der Waals surface area contributed by atoms with Crippen molar-refractivity contribution in [3.05, 3.63) is 11.9 Å². The summed E-state index contributed by atoms with van der Waals surface area (Å²) in [5.41, 5.74) is -0.166. The molecule has 7 heteroatoms. The molecule has 0 saturated carbocycles. The first-order valence-corrected chi connectivity index (χ1v) is 5.75. The third-order valence-electron chi connectivity index (χ3n) is 3.01. The molecule has 1 heterocycles. The molecule has 7 nitrogen and oxygen atoms in total. The first kappa shape index (κ1) is 14.9. The SMILES string of the molecule is CN(C)c1ncc(CNC(CO)(CO)CO)n1C. The molecule has 0 spiro atoms. The number of rotatable bonds is 7. The first-order chi connectivity index (χ1) is 8.49. The second-order valence-electron chi connectivity index (χ2n) is 4.61. The fourth-order valence-corrected chi connectivity index (χ4v) is 1.61. The van der Waals surface area contributed by atoms with Gasteiger partial charge in [-0.3, -0.25) is 5.32 Å². The quantitative estimate of drug-likeness (QED) is 0.465. The molecule has 0 aliphatic rings. The lowest BCUT2D eigenvalue weighted by Crippen LogP contribution is -2.54. The molecule has 1 aromatic heterocycles. The molecule has 0 bridgehead atoms. The predicted octanol–water partition coefficient (Wildman–Crippen LogP) is -1.71. The van der Waals surface area contributed by atoms with E-state index < -0.39 is 5.54 Å². The van der Waals surface area contributed by atoms with Crippen molar-refractivity contribution in [3.63, 3.8) is 0 Å². The second-order valence-corrected chi connectivity index (χ2v) is 4.61. The van der Waals surface area contributed by atoms with Gasteiger partial charge >= 0.3 is 0 Å². The summed E-state index contributed by atoms with van der Waals surface area (Å²) in [7, 11) is 5.69. The van der Waals surface area contributed by atoms with Crippen LogP contribution in [-0.4, -0.2) is 64.3 Å². The number of hydrogen-bond acceptors (Lipinski definition) is 6. The van der Waals surface area contributed by atoms with Crippen LogP contribution in [0.15, 0.2) is 6.20 Å². The maximum atomic E-state index is 9.20. The number of aromatic nitrogens is 2. The van der Waals surface area contributed by atoms with Gasteiger partial charge in [0, 0.05) is 27.7 Å². The van der Waals surface area contributed by atoms with Crippen molar-refractivity contribution in [1.29, 1.82) is 0 Å². The van der Waals surface area contributed by atoms with Crippen LogP contribution in [0.2, 0.25) is 0 Å². The number of aliphatic hydroxyl groups is 3. The number of nitrogens with zero attached hydrogens (tertiary/aromatic N) is 3. The predicted molar refractivity (Wildman–Crippen MR) is 68.4 cm³/mol. The lowest BCUT2D eigenvalue weighted by atomic mass is 10.0. The van der Waals surface area contributed by atoms with E-state index in [2.05, 4.69) is 10.3 Å². The van der Waals surface area contributed by atoms with Crippen LogP contribution in [0.3, 0.4) is 0 Å². The van der Waals surface area contributed by atoms with E-state index >= 15 is 0 Å². The molecule has 18 heavy (non-hydrogen) atoms. The van der Waals surface area contributed by atoms with Gasteiger partial charge in [0.2, 0.25) is 5.95 Å². The summed E-state index contributed by atoms with van der Waals surface area (Å²) < 4.78 is 1.91. The summed E-state index contributed by atoms with van der Waals surface area (Å²) in [6, 6.07) is 0. The zero-order chi connectivity index (χ0) is 13.8. The molecule has 104 valence electrons. The van der Waals surface area contributed by atoms with E-state index in [4.69, 9.17) is 0 Å². The molecule has 1 rings (SSSR count). The standard InChI is InChI=1S/C11H22N4O3/c1-14(2)10-12-4-9(15(10)3)5-13-11(6-16,7-17)8-18/h4,13,16-18H,5-8H2,1-3H3. The maximum absolute atomic E-state index is 9.20. The van der Waals surface area contributed by atoms with Gasteiger partial charge < -0.3 is 24.8 Å². The Morgan fingerprint density at radius 1 is 1.28 bits per heavy atom. The van der Waals surface area contributed by atoms with Gasteiger partial charge in [-0.15, -0.1) is 0 Å². The maximum Gasteiger partial charge on any atom is 0.204 e.